The molecule has 2 atom stereocenters. The first-order valence-electron chi connectivity index (χ1n) is 7.20. The summed E-state index contributed by atoms with van der Waals surface area (Å²) in [7, 11) is 1.79. The Morgan fingerprint density at radius 1 is 1.33 bits per heavy atom. The van der Waals surface area contributed by atoms with Crippen LogP contribution in [0.5, 0.6) is 0 Å². The molecule has 2 aliphatic heterocycles. The van der Waals surface area contributed by atoms with Gasteiger partial charge in [-0.2, -0.15) is 0 Å². The highest BCUT2D eigenvalue weighted by Crippen LogP contribution is 2.24. The number of hydrogen-bond donors (Lipinski definition) is 0. The molecule has 21 heavy (non-hydrogen) atoms. The second kappa shape index (κ2) is 5.81. The molecule has 0 spiro atoms. The SMILES string of the molecule is CN1C[C@H]2CN(C(=O)c3ccncc3)CC[C@@H]2OCC1=O. The largest absolute Gasteiger partial charge is 0.368 e. The number of aromatic nitrogens is 1. The predicted octanol–water partition coefficient (Wildman–Crippen LogP) is 0.401. The van der Waals surface area contributed by atoms with Crippen LogP contribution >= 0.6 is 0 Å². The maximum atomic E-state index is 12.5. The van der Waals surface area contributed by atoms with Gasteiger partial charge in [-0.25, -0.2) is 0 Å². The summed E-state index contributed by atoms with van der Waals surface area (Å²) in [5, 5.41) is 0. The lowest BCUT2D eigenvalue weighted by molar-refractivity contribution is -0.133. The number of pyridine rings is 1. The van der Waals surface area contributed by atoms with Gasteiger partial charge >= 0.3 is 0 Å². The fraction of sp³-hybridized carbons (Fsp3) is 0.533. The van der Waals surface area contributed by atoms with Crippen LogP contribution in [0.4, 0.5) is 0 Å². The minimum atomic E-state index is 0.0106. The number of likely N-dealkylation sites (tertiary alicyclic amines) is 1. The Kier molecular flexibility index (Phi) is 3.88. The third-order valence-corrected chi connectivity index (χ3v) is 4.23. The summed E-state index contributed by atoms with van der Waals surface area (Å²) in [6.45, 7) is 2.09. The summed E-state index contributed by atoms with van der Waals surface area (Å²) in [5.41, 5.74) is 0.655. The molecule has 0 bridgehead atoms. The lowest BCUT2D eigenvalue weighted by atomic mass is 9.93. The average molecular weight is 289 g/mol. The highest BCUT2D eigenvalue weighted by atomic mass is 16.5. The van der Waals surface area contributed by atoms with Crippen molar-refractivity contribution in [3.8, 4) is 0 Å². The van der Waals surface area contributed by atoms with Crippen molar-refractivity contribution in [3.05, 3.63) is 30.1 Å². The van der Waals surface area contributed by atoms with Gasteiger partial charge in [0.15, 0.2) is 0 Å². The monoisotopic (exact) mass is 289 g/mol. The Balaban J connectivity index is 1.71. The number of ether oxygens (including phenoxy) is 1. The molecule has 6 nitrogen and oxygen atoms in total. The van der Waals surface area contributed by atoms with E-state index in [9.17, 15) is 9.59 Å². The number of likely N-dealkylation sites (N-methyl/N-ethyl adjacent to an activating group) is 1. The van der Waals surface area contributed by atoms with Gasteiger partial charge in [0.2, 0.25) is 5.91 Å². The van der Waals surface area contributed by atoms with Crippen molar-refractivity contribution < 1.29 is 14.3 Å². The van der Waals surface area contributed by atoms with E-state index >= 15 is 0 Å². The number of amides is 2. The number of carbonyl (C=O) groups excluding carboxylic acids is 2. The molecule has 0 saturated carbocycles. The van der Waals surface area contributed by atoms with Gasteiger partial charge in [0.05, 0.1) is 6.10 Å². The van der Waals surface area contributed by atoms with E-state index in [1.54, 1.807) is 36.5 Å². The fourth-order valence-corrected chi connectivity index (χ4v) is 3.01. The molecule has 0 unspecified atom stereocenters. The van der Waals surface area contributed by atoms with Gasteiger partial charge < -0.3 is 14.5 Å². The lowest BCUT2D eigenvalue weighted by Gasteiger charge is -2.37. The van der Waals surface area contributed by atoms with Gasteiger partial charge in [0.25, 0.3) is 5.91 Å². The molecule has 6 heteroatoms. The molecule has 1 aromatic heterocycles. The maximum Gasteiger partial charge on any atom is 0.253 e. The first-order valence-corrected chi connectivity index (χ1v) is 7.20. The smallest absolute Gasteiger partial charge is 0.253 e. The van der Waals surface area contributed by atoms with Gasteiger partial charge in [0.1, 0.15) is 6.61 Å². The minimum Gasteiger partial charge on any atom is -0.368 e. The van der Waals surface area contributed by atoms with Crippen LogP contribution in [0, 0.1) is 5.92 Å². The van der Waals surface area contributed by atoms with Gasteiger partial charge in [-0.3, -0.25) is 14.6 Å². The number of fused-ring (bicyclic) bond motifs is 1. The number of piperidine rings is 1. The van der Waals surface area contributed by atoms with Crippen molar-refractivity contribution in [3.63, 3.8) is 0 Å². The van der Waals surface area contributed by atoms with Crippen LogP contribution in [-0.4, -0.2) is 66.0 Å². The normalized spacial score (nSPS) is 26.2. The van der Waals surface area contributed by atoms with Crippen LogP contribution < -0.4 is 0 Å². The van der Waals surface area contributed by atoms with E-state index in [0.717, 1.165) is 6.42 Å². The Morgan fingerprint density at radius 3 is 2.86 bits per heavy atom. The van der Waals surface area contributed by atoms with E-state index in [4.69, 9.17) is 4.74 Å². The second-order valence-electron chi connectivity index (χ2n) is 5.66. The number of rotatable bonds is 1. The molecule has 2 aliphatic rings. The van der Waals surface area contributed by atoms with Gasteiger partial charge in [-0.1, -0.05) is 0 Å². The number of hydrogen-bond acceptors (Lipinski definition) is 4. The first kappa shape index (κ1) is 14.0. The maximum absolute atomic E-state index is 12.5. The molecular weight excluding hydrogens is 270 g/mol. The third kappa shape index (κ3) is 2.90. The van der Waals surface area contributed by atoms with E-state index in [2.05, 4.69) is 4.98 Å². The van der Waals surface area contributed by atoms with E-state index < -0.39 is 0 Å². The average Bonchev–Trinajstić information content (AvgIpc) is 2.66. The molecule has 0 radical (unpaired) electrons. The molecular formula is C15H19N3O3. The molecule has 3 heterocycles. The van der Waals surface area contributed by atoms with Crippen LogP contribution in [0.15, 0.2) is 24.5 Å². The molecule has 0 aliphatic carbocycles. The number of carbonyl (C=O) groups is 2. The third-order valence-electron chi connectivity index (χ3n) is 4.23. The summed E-state index contributed by atoms with van der Waals surface area (Å²) in [6.07, 6.45) is 4.10. The van der Waals surface area contributed by atoms with Crippen LogP contribution in [-0.2, 0) is 9.53 Å². The molecule has 112 valence electrons. The van der Waals surface area contributed by atoms with Crippen molar-refractivity contribution in [2.45, 2.75) is 12.5 Å². The molecule has 2 fully saturated rings. The summed E-state index contributed by atoms with van der Waals surface area (Å²) in [4.78, 5) is 31.7. The van der Waals surface area contributed by atoms with Crippen LogP contribution in [0.3, 0.4) is 0 Å². The number of nitrogens with zero attached hydrogens (tertiary/aromatic N) is 3. The zero-order chi connectivity index (χ0) is 14.8. The summed E-state index contributed by atoms with van der Waals surface area (Å²) in [6, 6.07) is 3.46. The standard InChI is InChI=1S/C15H19N3O3/c1-17-8-12-9-18(7-4-13(12)21-10-14(17)19)15(20)11-2-5-16-6-3-11/h2-3,5-6,12-13H,4,7-10H2,1H3/t12-,13-/m0/s1. The first-order chi connectivity index (χ1) is 10.1. The van der Waals surface area contributed by atoms with Crippen molar-refractivity contribution in [1.82, 2.24) is 14.8 Å². The highest BCUT2D eigenvalue weighted by Gasteiger charge is 2.36. The summed E-state index contributed by atoms with van der Waals surface area (Å²) < 4.78 is 5.68. The lowest BCUT2D eigenvalue weighted by Crippen LogP contribution is -2.48. The van der Waals surface area contributed by atoms with E-state index in [-0.39, 0.29) is 30.4 Å². The van der Waals surface area contributed by atoms with Crippen LogP contribution in [0.1, 0.15) is 16.8 Å². The van der Waals surface area contributed by atoms with Crippen molar-refractivity contribution in [2.24, 2.45) is 5.92 Å². The van der Waals surface area contributed by atoms with Crippen LogP contribution in [0.25, 0.3) is 0 Å². The molecule has 3 rings (SSSR count). The quantitative estimate of drug-likeness (QED) is 0.751. The van der Waals surface area contributed by atoms with Crippen molar-refractivity contribution in [2.75, 3.05) is 33.3 Å². The zero-order valence-corrected chi connectivity index (χ0v) is 12.1. The Labute approximate surface area is 123 Å². The fourth-order valence-electron chi connectivity index (χ4n) is 3.01. The predicted molar refractivity (Wildman–Crippen MR) is 75.6 cm³/mol. The van der Waals surface area contributed by atoms with E-state index in [1.165, 1.54) is 0 Å². The summed E-state index contributed by atoms with van der Waals surface area (Å²) >= 11 is 0. The van der Waals surface area contributed by atoms with Gasteiger partial charge in [0, 0.05) is 50.6 Å². The van der Waals surface area contributed by atoms with Crippen molar-refractivity contribution >= 4 is 11.8 Å². The Bertz CT molecular complexity index is 534. The van der Waals surface area contributed by atoms with E-state index in [1.807, 2.05) is 4.90 Å². The molecule has 2 saturated heterocycles. The van der Waals surface area contributed by atoms with Gasteiger partial charge in [-0.05, 0) is 18.6 Å². The minimum absolute atomic E-state index is 0.0106. The van der Waals surface area contributed by atoms with Gasteiger partial charge in [-0.15, -0.1) is 0 Å². The Hall–Kier alpha value is -1.95. The highest BCUT2D eigenvalue weighted by molar-refractivity contribution is 5.94. The second-order valence-corrected chi connectivity index (χ2v) is 5.66. The molecule has 0 N–H and O–H groups in total. The Morgan fingerprint density at radius 2 is 2.10 bits per heavy atom. The van der Waals surface area contributed by atoms with Crippen molar-refractivity contribution in [1.29, 1.82) is 0 Å². The molecule has 1 aromatic rings. The topological polar surface area (TPSA) is 62.7 Å². The van der Waals surface area contributed by atoms with Crippen LogP contribution in [0.2, 0.25) is 0 Å². The molecule has 0 aromatic carbocycles. The summed E-state index contributed by atoms with van der Waals surface area (Å²) in [5.74, 6) is 0.214. The zero-order valence-electron chi connectivity index (χ0n) is 12.1. The molecule has 2 amide bonds. The van der Waals surface area contributed by atoms with E-state index in [0.29, 0.717) is 25.2 Å².